The second-order valence-electron chi connectivity index (χ2n) is 8.07. The summed E-state index contributed by atoms with van der Waals surface area (Å²) in [5.74, 6) is 0.382. The van der Waals surface area contributed by atoms with Crippen LogP contribution in [0, 0.1) is 0 Å². The van der Waals surface area contributed by atoms with E-state index in [1.165, 1.54) is 34.1 Å². The van der Waals surface area contributed by atoms with Gasteiger partial charge in [0.05, 0.1) is 32.9 Å². The lowest BCUT2D eigenvalue weighted by molar-refractivity contribution is -0.134. The van der Waals surface area contributed by atoms with E-state index in [0.717, 1.165) is 0 Å². The van der Waals surface area contributed by atoms with Crippen LogP contribution in [0.2, 0.25) is 5.02 Å². The third-order valence-corrected chi connectivity index (χ3v) is 5.71. The fraction of sp³-hybridized carbons (Fsp3) is 0.346. The average Bonchev–Trinajstić information content (AvgIpc) is 2.85. The number of methoxy groups -OCH3 is 2. The summed E-state index contributed by atoms with van der Waals surface area (Å²) in [6.07, 6.45) is 2.65. The Morgan fingerprint density at radius 2 is 1.92 bits per heavy atom. The quantitative estimate of drug-likeness (QED) is 0.399. The molecule has 1 aliphatic rings. The van der Waals surface area contributed by atoms with E-state index in [1.807, 2.05) is 0 Å². The molecule has 1 unspecified atom stereocenters. The molecule has 0 saturated carbocycles. The maximum Gasteiger partial charge on any atom is 0.246 e. The number of rotatable bonds is 9. The highest BCUT2D eigenvalue weighted by Crippen LogP contribution is 2.40. The Kier molecular flexibility index (Phi) is 9.32. The number of hydrogen-bond acceptors (Lipinski definition) is 7. The number of morpholine rings is 1. The highest BCUT2D eigenvalue weighted by Gasteiger charge is 2.26. The van der Waals surface area contributed by atoms with Gasteiger partial charge in [-0.15, -0.1) is 0 Å². The first-order valence-electron chi connectivity index (χ1n) is 11.3. The molecule has 10 heteroatoms. The molecule has 36 heavy (non-hydrogen) atoms. The SMILES string of the molecule is COc1ccc(C(C)=O)c(OCC2CN(C(=O)C=Cc3ccc(Cl)cc3NC(C)=O)CCO2)c1OC. The van der Waals surface area contributed by atoms with Gasteiger partial charge in [-0.05, 0) is 42.8 Å². The van der Waals surface area contributed by atoms with Gasteiger partial charge in [0.1, 0.15) is 12.7 Å². The molecular weight excluding hydrogens is 488 g/mol. The lowest BCUT2D eigenvalue weighted by Crippen LogP contribution is -2.47. The van der Waals surface area contributed by atoms with Crippen molar-refractivity contribution in [3.63, 3.8) is 0 Å². The van der Waals surface area contributed by atoms with Crippen LogP contribution in [-0.4, -0.2) is 69.1 Å². The molecule has 2 aromatic rings. The van der Waals surface area contributed by atoms with Gasteiger partial charge in [0.25, 0.3) is 0 Å². The molecule has 1 heterocycles. The van der Waals surface area contributed by atoms with Crippen LogP contribution >= 0.6 is 11.6 Å². The number of halogens is 1. The van der Waals surface area contributed by atoms with Gasteiger partial charge in [-0.25, -0.2) is 0 Å². The normalized spacial score (nSPS) is 15.5. The van der Waals surface area contributed by atoms with E-state index in [1.54, 1.807) is 41.3 Å². The lowest BCUT2D eigenvalue weighted by Gasteiger charge is -2.32. The number of Topliss-reactive ketones (excluding diaryl/α,β-unsaturated/α-hetero) is 1. The zero-order chi connectivity index (χ0) is 26.2. The third kappa shape index (κ3) is 6.77. The van der Waals surface area contributed by atoms with Crippen molar-refractivity contribution in [2.24, 2.45) is 0 Å². The molecule has 0 spiro atoms. The molecule has 0 aliphatic carbocycles. The molecule has 1 fully saturated rings. The van der Waals surface area contributed by atoms with E-state index < -0.39 is 6.10 Å². The lowest BCUT2D eigenvalue weighted by atomic mass is 10.1. The van der Waals surface area contributed by atoms with Gasteiger partial charge < -0.3 is 29.2 Å². The van der Waals surface area contributed by atoms with E-state index in [4.69, 9.17) is 30.5 Å². The molecule has 0 radical (unpaired) electrons. The van der Waals surface area contributed by atoms with Crippen LogP contribution in [0.15, 0.2) is 36.4 Å². The number of amides is 2. The first-order chi connectivity index (χ1) is 17.2. The number of anilines is 1. The highest BCUT2D eigenvalue weighted by atomic mass is 35.5. The largest absolute Gasteiger partial charge is 0.493 e. The summed E-state index contributed by atoms with van der Waals surface area (Å²) in [6, 6.07) is 8.29. The minimum atomic E-state index is -0.419. The topological polar surface area (TPSA) is 103 Å². The van der Waals surface area contributed by atoms with Crippen LogP contribution in [0.4, 0.5) is 5.69 Å². The van der Waals surface area contributed by atoms with Crippen molar-refractivity contribution in [3.05, 3.63) is 52.6 Å². The molecule has 0 bridgehead atoms. The van der Waals surface area contributed by atoms with E-state index in [0.29, 0.717) is 53.0 Å². The van der Waals surface area contributed by atoms with Crippen LogP contribution in [0.3, 0.4) is 0 Å². The fourth-order valence-electron chi connectivity index (χ4n) is 3.75. The minimum absolute atomic E-state index is 0.0984. The molecule has 192 valence electrons. The van der Waals surface area contributed by atoms with Gasteiger partial charge in [0, 0.05) is 30.3 Å². The number of carbonyl (C=O) groups is 3. The monoisotopic (exact) mass is 516 g/mol. The van der Waals surface area contributed by atoms with Crippen molar-refractivity contribution in [2.45, 2.75) is 20.0 Å². The number of hydrogen-bond donors (Lipinski definition) is 1. The van der Waals surface area contributed by atoms with E-state index in [9.17, 15) is 14.4 Å². The summed E-state index contributed by atoms with van der Waals surface area (Å²) in [5, 5.41) is 3.18. The molecule has 1 aliphatic heterocycles. The second kappa shape index (κ2) is 12.4. The van der Waals surface area contributed by atoms with Crippen LogP contribution in [0.5, 0.6) is 17.2 Å². The Bertz CT molecular complexity index is 1170. The van der Waals surface area contributed by atoms with Crippen LogP contribution < -0.4 is 19.5 Å². The summed E-state index contributed by atoms with van der Waals surface area (Å²) in [6.45, 7) is 3.98. The Morgan fingerprint density at radius 3 is 2.58 bits per heavy atom. The number of benzene rings is 2. The zero-order valence-corrected chi connectivity index (χ0v) is 21.4. The van der Waals surface area contributed by atoms with Crippen molar-refractivity contribution in [3.8, 4) is 17.2 Å². The number of carbonyl (C=O) groups excluding carboxylic acids is 3. The van der Waals surface area contributed by atoms with Crippen molar-refractivity contribution in [2.75, 3.05) is 45.8 Å². The summed E-state index contributed by atoms with van der Waals surface area (Å²) in [7, 11) is 2.97. The second-order valence-corrected chi connectivity index (χ2v) is 8.50. The molecular formula is C26H29ClN2O7. The Labute approximate surface area is 214 Å². The summed E-state index contributed by atoms with van der Waals surface area (Å²) in [5.41, 5.74) is 1.52. The Balaban J connectivity index is 1.69. The zero-order valence-electron chi connectivity index (χ0n) is 20.6. The van der Waals surface area contributed by atoms with E-state index in [-0.39, 0.29) is 30.0 Å². The molecule has 1 saturated heterocycles. The highest BCUT2D eigenvalue weighted by molar-refractivity contribution is 6.31. The minimum Gasteiger partial charge on any atom is -0.493 e. The molecule has 3 rings (SSSR count). The van der Waals surface area contributed by atoms with E-state index >= 15 is 0 Å². The molecule has 1 N–H and O–H groups in total. The molecule has 9 nitrogen and oxygen atoms in total. The van der Waals surface area contributed by atoms with Gasteiger partial charge in [-0.3, -0.25) is 14.4 Å². The van der Waals surface area contributed by atoms with Gasteiger partial charge >= 0.3 is 0 Å². The van der Waals surface area contributed by atoms with Crippen molar-refractivity contribution < 1.29 is 33.3 Å². The van der Waals surface area contributed by atoms with Crippen LogP contribution in [0.25, 0.3) is 6.08 Å². The van der Waals surface area contributed by atoms with Gasteiger partial charge in [0.15, 0.2) is 17.3 Å². The Morgan fingerprint density at radius 1 is 1.14 bits per heavy atom. The molecule has 2 amide bonds. The summed E-state index contributed by atoms with van der Waals surface area (Å²) in [4.78, 5) is 38.1. The average molecular weight is 517 g/mol. The van der Waals surface area contributed by atoms with Crippen LogP contribution in [0.1, 0.15) is 29.8 Å². The van der Waals surface area contributed by atoms with Crippen LogP contribution in [-0.2, 0) is 14.3 Å². The van der Waals surface area contributed by atoms with Crippen molar-refractivity contribution >= 4 is 41.0 Å². The third-order valence-electron chi connectivity index (χ3n) is 5.47. The van der Waals surface area contributed by atoms with Gasteiger partial charge in [-0.2, -0.15) is 0 Å². The predicted molar refractivity (Wildman–Crippen MR) is 136 cm³/mol. The van der Waals surface area contributed by atoms with Crippen molar-refractivity contribution in [1.29, 1.82) is 0 Å². The maximum absolute atomic E-state index is 12.9. The smallest absolute Gasteiger partial charge is 0.246 e. The first kappa shape index (κ1) is 27.0. The standard InChI is InChI=1S/C26H29ClN2O7/c1-16(30)21-8-9-23(33-3)26(34-4)25(21)36-15-20-14-29(11-12-35-20)24(32)10-6-18-5-7-19(27)13-22(18)28-17(2)31/h5-10,13,20H,11-12,14-15H2,1-4H3,(H,28,31). The molecule has 1 atom stereocenters. The van der Waals surface area contributed by atoms with Gasteiger partial charge in [-0.1, -0.05) is 17.7 Å². The fourth-order valence-corrected chi connectivity index (χ4v) is 3.93. The first-order valence-corrected chi connectivity index (χ1v) is 11.7. The number of nitrogens with one attached hydrogen (secondary N) is 1. The Hall–Kier alpha value is -3.56. The van der Waals surface area contributed by atoms with E-state index in [2.05, 4.69) is 5.32 Å². The number of nitrogens with zero attached hydrogens (tertiary/aromatic N) is 1. The number of ketones is 1. The summed E-state index contributed by atoms with van der Waals surface area (Å²) >= 11 is 6.03. The van der Waals surface area contributed by atoms with Gasteiger partial charge in [0.2, 0.25) is 17.6 Å². The summed E-state index contributed by atoms with van der Waals surface area (Å²) < 4.78 is 22.5. The maximum atomic E-state index is 12.9. The number of ether oxygens (including phenoxy) is 4. The van der Waals surface area contributed by atoms with Crippen molar-refractivity contribution in [1.82, 2.24) is 4.90 Å². The molecule has 0 aromatic heterocycles. The molecule has 2 aromatic carbocycles. The predicted octanol–water partition coefficient (Wildman–Crippen LogP) is 3.84.